The van der Waals surface area contributed by atoms with Gasteiger partial charge in [0.2, 0.25) is 0 Å². The van der Waals surface area contributed by atoms with Crippen LogP contribution in [0.5, 0.6) is 51.7 Å². The number of benzene rings is 15. The summed E-state index contributed by atoms with van der Waals surface area (Å²) in [6.07, 6.45) is 29.4. The van der Waals surface area contributed by atoms with E-state index in [-0.39, 0.29) is 70.4 Å². The van der Waals surface area contributed by atoms with Gasteiger partial charge in [0.15, 0.2) is 0 Å². The Morgan fingerprint density at radius 2 is 0.403 bits per heavy atom. The number of aromatic hydroxyl groups is 9. The molecule has 0 spiro atoms. The van der Waals surface area contributed by atoms with E-state index in [1.165, 1.54) is 116 Å². The number of hydrogen-bond donors (Lipinski definition) is 13. The molecule has 21 rings (SSSR count). The van der Waals surface area contributed by atoms with Crippen molar-refractivity contribution in [3.63, 3.8) is 0 Å². The highest BCUT2D eigenvalue weighted by Crippen LogP contribution is 2.50. The third-order valence-corrected chi connectivity index (χ3v) is 29.3. The molecule has 6 aliphatic carbocycles. The highest BCUT2D eigenvalue weighted by molar-refractivity contribution is 5.87. The molecule has 0 aliphatic heterocycles. The van der Waals surface area contributed by atoms with Crippen LogP contribution >= 0.6 is 0 Å². The lowest BCUT2D eigenvalue weighted by atomic mass is 9.63. The molecule has 0 saturated heterocycles. The Hall–Kier alpha value is -13.7. The number of hydrogen-bond acceptors (Lipinski definition) is 13. The minimum absolute atomic E-state index is 0.0490. The molecule has 5 unspecified atom stereocenters. The molecule has 13 nitrogen and oxygen atoms in total. The Morgan fingerprint density at radius 1 is 0.151 bits per heavy atom. The van der Waals surface area contributed by atoms with E-state index in [4.69, 9.17) is 0 Å². The molecule has 6 saturated carbocycles. The van der Waals surface area contributed by atoms with Crippen LogP contribution in [0.1, 0.15) is 154 Å². The van der Waals surface area contributed by atoms with Gasteiger partial charge in [0.25, 0.3) is 0 Å². The first-order chi connectivity index (χ1) is 67.9. The van der Waals surface area contributed by atoms with Crippen LogP contribution in [0.3, 0.4) is 0 Å². The van der Waals surface area contributed by atoms with E-state index in [2.05, 4.69) is 6.07 Å². The molecule has 0 bridgehead atoms. The fourth-order valence-corrected chi connectivity index (χ4v) is 22.1. The Bertz CT molecular complexity index is 6030. The van der Waals surface area contributed by atoms with Crippen molar-refractivity contribution >= 4 is 0 Å². The number of aliphatic hydroxyl groups is 4. The molecule has 0 aromatic heterocycles. The molecule has 15 aromatic carbocycles. The summed E-state index contributed by atoms with van der Waals surface area (Å²) < 4.78 is 0. The summed E-state index contributed by atoms with van der Waals surface area (Å²) >= 11 is 0. The second-order valence-corrected chi connectivity index (χ2v) is 38.4. The van der Waals surface area contributed by atoms with E-state index in [0.29, 0.717) is 63.9 Å². The second-order valence-electron chi connectivity index (χ2n) is 38.4. The molecule has 5 atom stereocenters. The maximum Gasteiger partial charge on any atom is 0.131 e. The summed E-state index contributed by atoms with van der Waals surface area (Å²) in [6.45, 7) is 0. The Kier molecular flexibility index (Phi) is 36.0. The van der Waals surface area contributed by atoms with Crippen LogP contribution in [0, 0.1) is 47.3 Å². The summed E-state index contributed by atoms with van der Waals surface area (Å²) in [5.74, 6) is 6.79. The van der Waals surface area contributed by atoms with Gasteiger partial charge in [-0.3, -0.25) is 0 Å². The maximum absolute atomic E-state index is 10.9. The van der Waals surface area contributed by atoms with E-state index in [0.717, 1.165) is 139 Å². The molecule has 6 fully saturated rings. The van der Waals surface area contributed by atoms with Crippen molar-refractivity contribution in [3.05, 3.63) is 370 Å². The van der Waals surface area contributed by atoms with E-state index in [1.54, 1.807) is 78.9 Å². The van der Waals surface area contributed by atoms with Gasteiger partial charge in [0.05, 0.1) is 24.4 Å². The zero-order valence-corrected chi connectivity index (χ0v) is 79.4. The minimum Gasteiger partial charge on any atom is -0.508 e. The third-order valence-electron chi connectivity index (χ3n) is 29.3. The normalized spacial score (nSPS) is 19.8. The molecule has 6 aliphatic rings. The van der Waals surface area contributed by atoms with E-state index < -0.39 is 0 Å². The third kappa shape index (κ3) is 27.0. The van der Waals surface area contributed by atoms with Crippen molar-refractivity contribution in [2.24, 2.45) is 47.3 Å². The SMILES string of the molecule is OC1CC(C2CCCCC2)C(O)C(C2CCCCC2)C1.OC1CCC(C2CCCC(C3CCCCC3)C2O)CC1.Oc1c(-c2ccccc2)cccc1-c1ccccc1.Oc1cc(-c2ccccc2)c(O)c(-c2ccccc2)c1.Oc1ccc(-c2cccc(-c3ccc(O)cc3)c2)cc1.Oc1ccc(-c2cccc(-c3ccccc3)c2O)cc1.Oc1cccc(-c2cccc(-c3ccccc3)c2O)c1. The summed E-state index contributed by atoms with van der Waals surface area (Å²) in [7, 11) is 0. The van der Waals surface area contributed by atoms with Crippen LogP contribution < -0.4 is 0 Å². The molecular formula is C126H134O13. The predicted octanol–water partition coefficient (Wildman–Crippen LogP) is 30.2. The van der Waals surface area contributed by atoms with Crippen molar-refractivity contribution in [1.82, 2.24) is 0 Å². The number of para-hydroxylation sites is 3. The molecule has 139 heavy (non-hydrogen) atoms. The summed E-state index contributed by atoms with van der Waals surface area (Å²) in [5.41, 5.74) is 17.7. The number of aliphatic hydroxyl groups excluding tert-OH is 4. The van der Waals surface area contributed by atoms with Crippen molar-refractivity contribution in [1.29, 1.82) is 0 Å². The average Bonchev–Trinajstić information content (AvgIpc) is 0.802. The van der Waals surface area contributed by atoms with E-state index in [9.17, 15) is 66.4 Å². The first kappa shape index (κ1) is 99.8. The minimum atomic E-state index is -0.155. The van der Waals surface area contributed by atoms with Crippen LogP contribution in [-0.2, 0) is 0 Å². The fraction of sp³-hybridized carbons (Fsp3) is 0.286. The van der Waals surface area contributed by atoms with Gasteiger partial charge in [-0.1, -0.05) is 406 Å². The van der Waals surface area contributed by atoms with Gasteiger partial charge in [0, 0.05) is 44.5 Å². The van der Waals surface area contributed by atoms with Gasteiger partial charge in [-0.05, 0) is 232 Å². The lowest BCUT2D eigenvalue weighted by Gasteiger charge is -2.46. The van der Waals surface area contributed by atoms with Gasteiger partial charge >= 0.3 is 0 Å². The summed E-state index contributed by atoms with van der Waals surface area (Å²) in [4.78, 5) is 0. The maximum atomic E-state index is 10.9. The Balaban J connectivity index is 0.000000123. The van der Waals surface area contributed by atoms with E-state index in [1.807, 2.05) is 285 Å². The first-order valence-corrected chi connectivity index (χ1v) is 50.2. The smallest absolute Gasteiger partial charge is 0.131 e. The molecule has 716 valence electrons. The molecule has 0 radical (unpaired) electrons. The van der Waals surface area contributed by atoms with Crippen molar-refractivity contribution in [2.75, 3.05) is 0 Å². The Labute approximate surface area is 820 Å². The van der Waals surface area contributed by atoms with Crippen LogP contribution in [0.15, 0.2) is 370 Å². The highest BCUT2D eigenvalue weighted by Gasteiger charge is 2.44. The topological polar surface area (TPSA) is 263 Å². The van der Waals surface area contributed by atoms with Gasteiger partial charge in [-0.2, -0.15) is 0 Å². The van der Waals surface area contributed by atoms with Crippen LogP contribution in [0.2, 0.25) is 0 Å². The van der Waals surface area contributed by atoms with Gasteiger partial charge in [-0.15, -0.1) is 0 Å². The first-order valence-electron chi connectivity index (χ1n) is 50.2. The van der Waals surface area contributed by atoms with Gasteiger partial charge in [-0.25, -0.2) is 0 Å². The van der Waals surface area contributed by atoms with E-state index >= 15 is 0 Å². The molecular weight excluding hydrogens is 1720 g/mol. The zero-order chi connectivity index (χ0) is 96.8. The second kappa shape index (κ2) is 50.1. The average molecular weight is 1860 g/mol. The number of phenolic OH excluding ortho intramolecular Hbond substituents is 9. The number of phenols is 9. The quantitative estimate of drug-likeness (QED) is 0.0453. The largest absolute Gasteiger partial charge is 0.508 e. The van der Waals surface area contributed by atoms with Crippen molar-refractivity contribution in [2.45, 2.75) is 179 Å². The highest BCUT2D eigenvalue weighted by atomic mass is 16.3. The van der Waals surface area contributed by atoms with Crippen LogP contribution in [0.4, 0.5) is 0 Å². The van der Waals surface area contributed by atoms with Gasteiger partial charge < -0.3 is 66.4 Å². The lowest BCUT2D eigenvalue weighted by Crippen LogP contribution is -2.46. The molecule has 15 aromatic rings. The molecule has 13 heteroatoms. The van der Waals surface area contributed by atoms with Crippen LogP contribution in [-0.4, -0.2) is 90.8 Å². The molecule has 13 N–H and O–H groups in total. The van der Waals surface area contributed by atoms with Crippen molar-refractivity contribution in [3.8, 4) is 163 Å². The van der Waals surface area contributed by atoms with Crippen molar-refractivity contribution < 1.29 is 66.4 Å². The van der Waals surface area contributed by atoms with Crippen LogP contribution in [0.25, 0.3) is 111 Å². The molecule has 0 heterocycles. The monoisotopic (exact) mass is 1850 g/mol. The molecule has 0 amide bonds. The summed E-state index contributed by atoms with van der Waals surface area (Å²) in [6, 6.07) is 115. The van der Waals surface area contributed by atoms with Gasteiger partial charge in [0.1, 0.15) is 51.7 Å². The fourth-order valence-electron chi connectivity index (χ4n) is 22.1. The standard InChI is InChI=1S/C18H32O2.3C18H14O2.C18H32O2.C18H14O2.C18H14O/c2*19-15-11-16(13-7-3-1-4-8-13)18(20)17(12-15)14-9-5-2-6-10-14;19-17-8-4-13(5-9-17)15-2-1-3-16(12-15)14-6-10-18(20)11-7-14;19-15-9-4-8-14(12-15)17-11-5-10-16(18(17)20)13-6-2-1-3-7-13;2*19-15-11-9-14(10-12-15)17-8-4-7-16(18(17)20)13-5-2-1-3-6-13;19-18-16(14-8-3-1-4-9-14)12-7-13-17(18)15-10-5-2-6-11-15/h13-20H,1-12H2;3*1-12,19-20H;13-20H,1-12H2;1-12,19-20H;1-13,19H. The number of rotatable bonds is 14. The lowest BCUT2D eigenvalue weighted by molar-refractivity contribution is -0.0842. The zero-order valence-electron chi connectivity index (χ0n) is 79.4. The Morgan fingerprint density at radius 3 is 0.734 bits per heavy atom. The summed E-state index contributed by atoms with van der Waals surface area (Å²) in [5, 5.41) is 131. The predicted molar refractivity (Wildman–Crippen MR) is 564 cm³/mol.